The zero-order chi connectivity index (χ0) is 4.50. The third kappa shape index (κ3) is 101. The van der Waals surface area contributed by atoms with Crippen molar-refractivity contribution in [3.8, 4) is 0 Å². The van der Waals surface area contributed by atoms with Crippen molar-refractivity contribution in [2.75, 3.05) is 7.05 Å². The second kappa shape index (κ2) is 2.92. The summed E-state index contributed by atoms with van der Waals surface area (Å²) in [7, 11) is 0.569. The topological polar surface area (TPSA) is 66.3 Å². The maximum Gasteiger partial charge on any atom is 1.00 e. The molecule has 0 aromatic heterocycles. The van der Waals surface area contributed by atoms with E-state index < -0.39 is 4.97 Å². The zero-order valence-corrected chi connectivity index (χ0v) is 5.71. The molecular weight excluding hydrogens is 97.0 g/mol. The van der Waals surface area contributed by atoms with Crippen LogP contribution in [0.15, 0.2) is 0 Å². The summed E-state index contributed by atoms with van der Waals surface area (Å²) in [6, 6.07) is 0. The molecule has 0 spiro atoms. The van der Waals surface area contributed by atoms with Crippen LogP contribution in [0.4, 0.5) is 0 Å². The summed E-state index contributed by atoms with van der Waals surface area (Å²) in [6.07, 6.45) is 0. The Morgan fingerprint density at radius 1 is 1.50 bits per heavy atom. The van der Waals surface area contributed by atoms with Crippen LogP contribution < -0.4 is 29.6 Å². The molecule has 1 N–H and O–H groups in total. The van der Waals surface area contributed by atoms with Gasteiger partial charge in [0, 0.05) is 0 Å². The van der Waals surface area contributed by atoms with Crippen LogP contribution in [-0.4, -0.2) is 17.2 Å². The van der Waals surface area contributed by atoms with Crippen LogP contribution in [-0.2, 0) is 0 Å². The number of hydrogen-bond acceptors (Lipinski definition) is 3. The molecule has 0 aliphatic rings. The SMILES string of the molecule is C[N+]([O-])([O-])O.[Na+]. The normalized spacial score (nSPS) is 10.0. The van der Waals surface area contributed by atoms with Crippen LogP contribution in [0.3, 0.4) is 0 Å². The maximum absolute atomic E-state index is 9.04. The van der Waals surface area contributed by atoms with Gasteiger partial charge >= 0.3 is 29.6 Å². The minimum absolute atomic E-state index is 0. The quantitative estimate of drug-likeness (QED) is 0.199. The smallest absolute Gasteiger partial charge is 0.598 e. The fourth-order valence-corrected chi connectivity index (χ4v) is 0. The van der Waals surface area contributed by atoms with Crippen LogP contribution in [0.5, 0.6) is 0 Å². The molecule has 0 amide bonds. The van der Waals surface area contributed by atoms with Crippen molar-refractivity contribution >= 4 is 0 Å². The van der Waals surface area contributed by atoms with E-state index >= 15 is 0 Å². The Bertz CT molecular complexity index is 26.3. The fourth-order valence-electron chi connectivity index (χ4n) is 0. The van der Waals surface area contributed by atoms with E-state index in [1.807, 2.05) is 0 Å². The van der Waals surface area contributed by atoms with Crippen molar-refractivity contribution in [2.45, 2.75) is 0 Å². The van der Waals surface area contributed by atoms with E-state index in [-0.39, 0.29) is 29.6 Å². The third-order valence-electron chi connectivity index (χ3n) is 0. The average molecular weight is 101 g/mol. The van der Waals surface area contributed by atoms with E-state index in [0.717, 1.165) is 0 Å². The minimum Gasteiger partial charge on any atom is -0.598 e. The molecule has 0 fully saturated rings. The molecule has 0 radical (unpaired) electrons. The van der Waals surface area contributed by atoms with Crippen molar-refractivity contribution in [1.29, 1.82) is 0 Å². The summed E-state index contributed by atoms with van der Waals surface area (Å²) in [6.45, 7) is 0. The number of hydrogen-bond donors (Lipinski definition) is 1. The molecular formula is CH4NNaO3. The van der Waals surface area contributed by atoms with Crippen molar-refractivity contribution in [2.24, 2.45) is 0 Å². The summed E-state index contributed by atoms with van der Waals surface area (Å²) < 4.78 is 0. The summed E-state index contributed by atoms with van der Waals surface area (Å²) >= 11 is 0. The molecule has 0 aromatic carbocycles. The standard InChI is InChI=1S/CH4NO3.Na/c1-2(3,4)5;/h3H,1H3;/q-1;+1. The molecule has 0 unspecified atom stereocenters. The first-order valence-corrected chi connectivity index (χ1v) is 1.01. The van der Waals surface area contributed by atoms with Crippen LogP contribution in [0.2, 0.25) is 0 Å². The molecule has 0 rings (SSSR count). The fraction of sp³-hybridized carbons (Fsp3) is 1.00. The number of nitrogens with zero attached hydrogens (tertiary/aromatic N) is 1. The average Bonchev–Trinajstić information content (AvgIpc) is 0.722. The predicted octanol–water partition coefficient (Wildman–Crippen LogP) is -3.18. The molecule has 0 atom stereocenters. The number of hydroxylamine groups is 3. The Labute approximate surface area is 57.4 Å². The number of rotatable bonds is 0. The van der Waals surface area contributed by atoms with Crippen molar-refractivity contribution < 1.29 is 39.7 Å². The van der Waals surface area contributed by atoms with Crippen molar-refractivity contribution in [1.82, 2.24) is 0 Å². The van der Waals surface area contributed by atoms with Crippen LogP contribution in [0, 0.1) is 10.4 Å². The Balaban J connectivity index is 0. The summed E-state index contributed by atoms with van der Waals surface area (Å²) in [5.74, 6) is 0. The van der Waals surface area contributed by atoms with E-state index in [9.17, 15) is 0 Å². The van der Waals surface area contributed by atoms with Gasteiger partial charge in [-0.1, -0.05) is 0 Å². The first-order chi connectivity index (χ1) is 2.00. The largest absolute Gasteiger partial charge is 1.00 e. The van der Waals surface area contributed by atoms with Crippen molar-refractivity contribution in [3.05, 3.63) is 10.4 Å². The molecule has 0 aliphatic carbocycles. The van der Waals surface area contributed by atoms with Gasteiger partial charge in [-0.3, -0.25) is 4.97 Å². The monoisotopic (exact) mass is 101 g/mol. The van der Waals surface area contributed by atoms with E-state index in [0.29, 0.717) is 7.05 Å². The van der Waals surface area contributed by atoms with E-state index in [2.05, 4.69) is 0 Å². The van der Waals surface area contributed by atoms with Gasteiger partial charge in [0.1, 0.15) is 0 Å². The molecule has 32 valence electrons. The van der Waals surface area contributed by atoms with Gasteiger partial charge in [0.15, 0.2) is 0 Å². The van der Waals surface area contributed by atoms with Gasteiger partial charge in [-0.25, -0.2) is 5.21 Å². The Morgan fingerprint density at radius 2 is 1.50 bits per heavy atom. The Kier molecular flexibility index (Phi) is 4.85. The summed E-state index contributed by atoms with van der Waals surface area (Å²) in [4.78, 5) is -2.50. The minimum atomic E-state index is -2.50. The first kappa shape index (κ1) is 9.96. The summed E-state index contributed by atoms with van der Waals surface area (Å²) in [5.41, 5.74) is 0. The van der Waals surface area contributed by atoms with Gasteiger partial charge in [-0.2, -0.15) is 0 Å². The maximum atomic E-state index is 9.04. The van der Waals surface area contributed by atoms with Gasteiger partial charge in [0.25, 0.3) is 0 Å². The van der Waals surface area contributed by atoms with Gasteiger partial charge in [0.05, 0.1) is 7.05 Å². The molecule has 4 nitrogen and oxygen atoms in total. The molecule has 0 saturated heterocycles. The van der Waals surface area contributed by atoms with Gasteiger partial charge < -0.3 is 10.4 Å². The second-order valence-corrected chi connectivity index (χ2v) is 0.803. The van der Waals surface area contributed by atoms with Crippen LogP contribution >= 0.6 is 0 Å². The molecule has 5 heteroatoms. The predicted molar refractivity (Wildman–Crippen MR) is 14.7 cm³/mol. The van der Waals surface area contributed by atoms with Crippen LogP contribution in [0.1, 0.15) is 0 Å². The second-order valence-electron chi connectivity index (χ2n) is 0.803. The Hall–Kier alpha value is 0.840. The molecule has 0 heterocycles. The summed E-state index contributed by atoms with van der Waals surface area (Å²) in [5, 5.41) is 25.4. The van der Waals surface area contributed by atoms with Crippen LogP contribution in [0.25, 0.3) is 0 Å². The first-order valence-electron chi connectivity index (χ1n) is 1.01. The van der Waals surface area contributed by atoms with E-state index in [1.54, 1.807) is 0 Å². The van der Waals surface area contributed by atoms with E-state index in [4.69, 9.17) is 15.6 Å². The van der Waals surface area contributed by atoms with Crippen molar-refractivity contribution in [3.63, 3.8) is 0 Å². The number of quaternary nitrogens is 1. The molecule has 0 aliphatic heterocycles. The Morgan fingerprint density at radius 3 is 1.50 bits per heavy atom. The molecule has 0 bridgehead atoms. The van der Waals surface area contributed by atoms with E-state index in [1.165, 1.54) is 0 Å². The third-order valence-corrected chi connectivity index (χ3v) is 0. The zero-order valence-electron chi connectivity index (χ0n) is 3.71. The van der Waals surface area contributed by atoms with Gasteiger partial charge in [0.2, 0.25) is 0 Å². The van der Waals surface area contributed by atoms with Gasteiger partial charge in [-0.05, 0) is 0 Å². The molecule has 0 aromatic rings. The molecule has 0 saturated carbocycles. The van der Waals surface area contributed by atoms with Gasteiger partial charge in [-0.15, -0.1) is 0 Å². The molecule has 6 heavy (non-hydrogen) atoms.